The van der Waals surface area contributed by atoms with Crippen LogP contribution >= 0.6 is 0 Å². The molecule has 0 fully saturated rings. The Kier molecular flexibility index (Phi) is 65.1. The highest BCUT2D eigenvalue weighted by Gasteiger charge is 2.54. The zero-order valence-corrected chi connectivity index (χ0v) is 88.5. The van der Waals surface area contributed by atoms with Crippen molar-refractivity contribution >= 4 is 107 Å². The van der Waals surface area contributed by atoms with Crippen LogP contribution in [0.1, 0.15) is 415 Å². The number of carbonyl (C=O) groups excluding carboxylic acids is 18. The van der Waals surface area contributed by atoms with Gasteiger partial charge in [-0.2, -0.15) is 0 Å². The molecule has 36 nitrogen and oxygen atoms in total. The summed E-state index contributed by atoms with van der Waals surface area (Å²) in [6, 6.07) is 16.8. The summed E-state index contributed by atoms with van der Waals surface area (Å²) in [7, 11) is 0. The predicted molar refractivity (Wildman–Crippen MR) is 538 cm³/mol. The van der Waals surface area contributed by atoms with Gasteiger partial charge in [-0.1, -0.05) is 274 Å². The van der Waals surface area contributed by atoms with E-state index in [2.05, 4.69) is 0 Å². The van der Waals surface area contributed by atoms with E-state index in [0.717, 1.165) is 0 Å². The van der Waals surface area contributed by atoms with E-state index in [1.807, 2.05) is 83.1 Å². The smallest absolute Gasteiger partial charge is 0.356 e. The molecule has 3 rings (SSSR count). The fourth-order valence-corrected chi connectivity index (χ4v) is 15.7. The Morgan fingerprint density at radius 3 is 0.445 bits per heavy atom. The third-order valence-corrected chi connectivity index (χ3v) is 24.2. The normalized spacial score (nSPS) is 14.0. The molecule has 0 heterocycles. The molecule has 0 aliphatic rings. The standard InChI is InChI=1S/C110H165N3O33/c1-14-26-38-50-80(114)135-92(98(104(111)126)141-86(120)56-44-32-20-7)95(138-83(117)53-41-29-17-4)101(144-89(123)59-47-35-23-10)107(129)132-77-68-62-74(63-69-77)110(13,75-64-70-78(71-65-75)133-108(130)102(145-90(124)60-48-36-24-11)96(139-84(118)54-42-30-18-5)93(136-81(115)51-39-27-15-2)99(105(112)127)142-87(121)57-45-33-21-8)76-66-72-79(73-67-76)134-109(131)103(146-91(125)61-49-37-25-12)97(140-85(119)55-43-31-19-6)94(137-82(116)52-40-28-16-3)100(106(113)128)143-88(122)58-46-34-22-9/h62-73,92-103H,14-61H2,1-13H3,(H2,111,126)(H2,112,127)(H2,113,128). The Morgan fingerprint density at radius 2 is 0.315 bits per heavy atom. The number of esters is 15. The second-order valence-corrected chi connectivity index (χ2v) is 36.8. The van der Waals surface area contributed by atoms with E-state index in [1.54, 1.807) is 6.92 Å². The molecule has 0 aliphatic carbocycles. The molecule has 36 heteroatoms. The van der Waals surface area contributed by atoms with Gasteiger partial charge in [0.1, 0.15) is 17.2 Å². The number of hydrogen-bond donors (Lipinski definition) is 3. The van der Waals surface area contributed by atoms with Crippen molar-refractivity contribution in [2.24, 2.45) is 17.2 Å². The fraction of sp³-hybridized carbons (Fsp3) is 0.673. The van der Waals surface area contributed by atoms with Crippen LogP contribution in [0.15, 0.2) is 72.8 Å². The zero-order valence-electron chi connectivity index (χ0n) is 88.5. The Bertz CT molecular complexity index is 4040. The maximum atomic E-state index is 15.5. The molecule has 12 atom stereocenters. The van der Waals surface area contributed by atoms with Crippen molar-refractivity contribution in [2.75, 3.05) is 0 Å². The molecule has 0 aliphatic heterocycles. The lowest BCUT2D eigenvalue weighted by atomic mass is 9.71. The SMILES string of the molecule is CCCCCC(=O)OC(C(N)=O)C(OC(=O)CCCCC)C(OC(=O)CCCCC)C(OC(=O)CCCCC)C(=O)Oc1ccc(C(C)(c2ccc(OC(=O)C(OC(=O)CCCCC)C(OC(=O)CCCCC)C(OC(=O)CCCCC)C(OC(=O)CCCCC)C(N)=O)cc2)c2ccc(OC(=O)C(OC(=O)CCCCC)C(OC(=O)CCCCC)C(OC(=O)CCCCC)C(OC(=O)CCCCC)C(N)=O)cc2)cc1. The topological polar surface area (TPSA) is 524 Å². The molecule has 3 amide bonds. The lowest BCUT2D eigenvalue weighted by Gasteiger charge is -2.34. The van der Waals surface area contributed by atoms with Crippen LogP contribution < -0.4 is 31.4 Å². The average molecular weight is 2060 g/mol. The fourth-order valence-electron chi connectivity index (χ4n) is 15.7. The minimum Gasteiger partial charge on any atom is -0.454 e. The van der Waals surface area contributed by atoms with E-state index in [0.29, 0.717) is 190 Å². The summed E-state index contributed by atoms with van der Waals surface area (Å²) >= 11 is 0. The van der Waals surface area contributed by atoms with Crippen LogP contribution in [0.4, 0.5) is 0 Å². The van der Waals surface area contributed by atoms with Gasteiger partial charge in [0.2, 0.25) is 36.6 Å². The van der Waals surface area contributed by atoms with Gasteiger partial charge in [-0.05, 0) is 137 Å². The molecule has 3 aromatic rings. The monoisotopic (exact) mass is 2060 g/mol. The molecule has 6 N–H and O–H groups in total. The Hall–Kier alpha value is -11.9. The first kappa shape index (κ1) is 128. The van der Waals surface area contributed by atoms with E-state index in [1.165, 1.54) is 72.8 Å². The molecule has 0 saturated carbocycles. The van der Waals surface area contributed by atoms with E-state index in [-0.39, 0.29) is 152 Å². The van der Waals surface area contributed by atoms with Crippen LogP contribution in [0.2, 0.25) is 0 Å². The minimum absolute atomic E-state index is 0.236. The highest BCUT2D eigenvalue weighted by Crippen LogP contribution is 2.42. The van der Waals surface area contributed by atoms with Gasteiger partial charge in [-0.25, -0.2) is 14.4 Å². The van der Waals surface area contributed by atoms with Crippen LogP contribution in [-0.2, 0) is 149 Å². The minimum atomic E-state index is -2.42. The van der Waals surface area contributed by atoms with Crippen LogP contribution in [-0.4, -0.2) is 181 Å². The van der Waals surface area contributed by atoms with Gasteiger partial charge < -0.3 is 88.3 Å². The van der Waals surface area contributed by atoms with Crippen molar-refractivity contribution < 1.29 is 157 Å². The van der Waals surface area contributed by atoms with Gasteiger partial charge >= 0.3 is 89.5 Å². The summed E-state index contributed by atoms with van der Waals surface area (Å²) in [5.74, 6) is -21.5. The quantitative estimate of drug-likeness (QED) is 0.0155. The molecule has 0 bridgehead atoms. The number of primary amides is 3. The Morgan fingerprint density at radius 1 is 0.192 bits per heavy atom. The number of carbonyl (C=O) groups is 18. The molecule has 0 radical (unpaired) electrons. The van der Waals surface area contributed by atoms with Crippen molar-refractivity contribution in [3.63, 3.8) is 0 Å². The summed E-state index contributed by atoms with van der Waals surface area (Å²) in [6.45, 7) is 24.2. The number of hydrogen-bond acceptors (Lipinski definition) is 33. The number of nitrogens with two attached hydrogens (primary N) is 3. The largest absolute Gasteiger partial charge is 0.454 e. The molecule has 3 aromatic carbocycles. The maximum absolute atomic E-state index is 15.5. The van der Waals surface area contributed by atoms with Crippen molar-refractivity contribution in [2.45, 2.75) is 477 Å². The number of amides is 3. The Balaban J connectivity index is 2.74. The van der Waals surface area contributed by atoms with E-state index < -0.39 is 186 Å². The highest BCUT2D eigenvalue weighted by molar-refractivity contribution is 5.90. The number of unbranched alkanes of at least 4 members (excludes halogenated alkanes) is 24. The first-order valence-electron chi connectivity index (χ1n) is 53.2. The average Bonchev–Trinajstić information content (AvgIpc) is 0.715. The first-order valence-corrected chi connectivity index (χ1v) is 53.2. The molecular weight excluding hydrogens is 1890 g/mol. The van der Waals surface area contributed by atoms with Crippen LogP contribution in [0.25, 0.3) is 0 Å². The van der Waals surface area contributed by atoms with Gasteiger partial charge in [0.25, 0.3) is 17.7 Å². The zero-order chi connectivity index (χ0) is 108. The lowest BCUT2D eigenvalue weighted by Crippen LogP contribution is -2.58. The van der Waals surface area contributed by atoms with Gasteiger partial charge in [0, 0.05) is 82.5 Å². The number of benzene rings is 3. The molecule has 0 saturated heterocycles. The summed E-state index contributed by atoms with van der Waals surface area (Å²) in [5.41, 5.74) is 17.4. The lowest BCUT2D eigenvalue weighted by molar-refractivity contribution is -0.205. The van der Waals surface area contributed by atoms with Crippen molar-refractivity contribution in [1.82, 2.24) is 0 Å². The van der Waals surface area contributed by atoms with E-state index in [9.17, 15) is 71.9 Å². The van der Waals surface area contributed by atoms with Crippen molar-refractivity contribution in [1.29, 1.82) is 0 Å². The van der Waals surface area contributed by atoms with Crippen molar-refractivity contribution in [3.05, 3.63) is 89.5 Å². The molecular formula is C110H165N3O33. The summed E-state index contributed by atoms with van der Waals surface area (Å²) in [4.78, 5) is 257. The van der Waals surface area contributed by atoms with Crippen LogP contribution in [0.3, 0.4) is 0 Å². The van der Waals surface area contributed by atoms with Crippen molar-refractivity contribution in [3.8, 4) is 17.2 Å². The third kappa shape index (κ3) is 48.6. The van der Waals surface area contributed by atoms with Crippen LogP contribution in [0.5, 0.6) is 17.2 Å². The van der Waals surface area contributed by atoms with E-state index in [4.69, 9.17) is 88.3 Å². The predicted octanol–water partition coefficient (Wildman–Crippen LogP) is 18.1. The molecule has 0 aromatic heterocycles. The second-order valence-electron chi connectivity index (χ2n) is 36.8. The summed E-state index contributed by atoms with van der Waals surface area (Å²) in [6.07, 6.45) is -14.0. The summed E-state index contributed by atoms with van der Waals surface area (Å²) in [5, 5.41) is 0. The van der Waals surface area contributed by atoms with E-state index >= 15 is 14.4 Å². The molecule has 0 spiro atoms. The molecule has 146 heavy (non-hydrogen) atoms. The third-order valence-electron chi connectivity index (χ3n) is 24.2. The van der Waals surface area contributed by atoms with Gasteiger partial charge in [0.15, 0.2) is 36.6 Å². The summed E-state index contributed by atoms with van der Waals surface area (Å²) < 4.78 is 89.6. The van der Waals surface area contributed by atoms with Gasteiger partial charge in [0.05, 0.1) is 0 Å². The maximum Gasteiger partial charge on any atom is 0.356 e. The molecule has 12 unspecified atom stereocenters. The Labute approximate surface area is 861 Å². The van der Waals surface area contributed by atoms with Crippen LogP contribution in [0, 0.1) is 0 Å². The number of rotatable bonds is 81. The second kappa shape index (κ2) is 74.1. The van der Waals surface area contributed by atoms with Gasteiger partial charge in [-0.15, -0.1) is 0 Å². The first-order chi connectivity index (χ1) is 70.0. The number of ether oxygens (including phenoxy) is 15. The highest BCUT2D eigenvalue weighted by atomic mass is 16.7. The molecule has 818 valence electrons. The van der Waals surface area contributed by atoms with Gasteiger partial charge in [-0.3, -0.25) is 71.9 Å².